The first-order chi connectivity index (χ1) is 16.5. The molecule has 1 heterocycles. The van der Waals surface area contributed by atoms with Gasteiger partial charge in [0.1, 0.15) is 6.10 Å². The molecule has 1 amide bonds. The lowest BCUT2D eigenvalue weighted by Gasteiger charge is -2.26. The minimum Gasteiger partial charge on any atom is -0.454 e. The zero-order valence-corrected chi connectivity index (χ0v) is 19.6. The van der Waals surface area contributed by atoms with Crippen LogP contribution in [0.5, 0.6) is 0 Å². The first-order valence-corrected chi connectivity index (χ1v) is 11.5. The molecule has 0 fully saturated rings. The molecule has 2 aromatic carbocycles. The zero-order chi connectivity index (χ0) is 24.3. The van der Waals surface area contributed by atoms with Crippen molar-refractivity contribution in [2.24, 2.45) is 5.92 Å². The summed E-state index contributed by atoms with van der Waals surface area (Å²) in [4.78, 5) is 34.0. The molecule has 0 unspecified atom stereocenters. The molecule has 0 spiro atoms. The first-order valence-electron chi connectivity index (χ1n) is 11.5. The Hall–Kier alpha value is -3.58. The average molecular weight is 462 g/mol. The second-order valence-electron chi connectivity index (χ2n) is 8.11. The van der Waals surface area contributed by atoms with Crippen LogP contribution in [-0.4, -0.2) is 46.2 Å². The molecule has 0 radical (unpaired) electrons. The van der Waals surface area contributed by atoms with Crippen molar-refractivity contribution in [1.82, 2.24) is 15.3 Å². The van der Waals surface area contributed by atoms with E-state index in [9.17, 15) is 14.7 Å². The molecule has 0 saturated heterocycles. The third kappa shape index (κ3) is 6.96. The molecule has 7 heteroatoms. The SMILES string of the molecule is CCC=CC[C@H](C[C@H](O)[C@H](Cc1ccccc1)OC(=O)c1cnc2ccccc2n1)C(=O)NC. The van der Waals surface area contributed by atoms with Crippen LogP contribution >= 0.6 is 0 Å². The highest BCUT2D eigenvalue weighted by Gasteiger charge is 2.29. The van der Waals surface area contributed by atoms with E-state index in [1.165, 1.54) is 6.20 Å². The summed E-state index contributed by atoms with van der Waals surface area (Å²) in [5.41, 5.74) is 2.23. The largest absolute Gasteiger partial charge is 0.454 e. The quantitative estimate of drug-likeness (QED) is 0.332. The van der Waals surface area contributed by atoms with Gasteiger partial charge >= 0.3 is 5.97 Å². The number of nitrogens with one attached hydrogen (secondary N) is 1. The monoisotopic (exact) mass is 461 g/mol. The number of amides is 1. The van der Waals surface area contributed by atoms with E-state index in [1.54, 1.807) is 13.1 Å². The fourth-order valence-corrected chi connectivity index (χ4v) is 3.74. The summed E-state index contributed by atoms with van der Waals surface area (Å²) < 4.78 is 5.75. The summed E-state index contributed by atoms with van der Waals surface area (Å²) in [7, 11) is 1.57. The number of aromatic nitrogens is 2. The average Bonchev–Trinajstić information content (AvgIpc) is 2.87. The van der Waals surface area contributed by atoms with Crippen molar-refractivity contribution in [3.05, 3.63) is 84.2 Å². The molecule has 7 nitrogen and oxygen atoms in total. The zero-order valence-electron chi connectivity index (χ0n) is 19.6. The van der Waals surface area contributed by atoms with E-state index in [-0.39, 0.29) is 18.0 Å². The number of aliphatic hydroxyl groups is 1. The summed E-state index contributed by atoms with van der Waals surface area (Å²) in [5, 5.41) is 13.8. The second-order valence-corrected chi connectivity index (χ2v) is 8.11. The summed E-state index contributed by atoms with van der Waals surface area (Å²) in [5.74, 6) is -1.27. The van der Waals surface area contributed by atoms with Gasteiger partial charge in [0.05, 0.1) is 23.3 Å². The lowest BCUT2D eigenvalue weighted by atomic mass is 9.92. The van der Waals surface area contributed by atoms with Crippen LogP contribution in [-0.2, 0) is 16.0 Å². The van der Waals surface area contributed by atoms with Gasteiger partial charge in [-0.15, -0.1) is 0 Å². The van der Waals surface area contributed by atoms with E-state index in [4.69, 9.17) is 4.74 Å². The Balaban J connectivity index is 1.80. The molecule has 3 rings (SSSR count). The van der Waals surface area contributed by atoms with Crippen molar-refractivity contribution in [1.29, 1.82) is 0 Å². The van der Waals surface area contributed by atoms with Gasteiger partial charge in [-0.25, -0.2) is 9.78 Å². The van der Waals surface area contributed by atoms with Crippen molar-refractivity contribution in [3.63, 3.8) is 0 Å². The maximum absolute atomic E-state index is 13.0. The number of allylic oxidation sites excluding steroid dienone is 2. The third-order valence-corrected chi connectivity index (χ3v) is 5.59. The van der Waals surface area contributed by atoms with Gasteiger partial charge in [0.15, 0.2) is 5.69 Å². The molecule has 3 atom stereocenters. The van der Waals surface area contributed by atoms with Crippen LogP contribution in [0, 0.1) is 5.92 Å². The van der Waals surface area contributed by atoms with Gasteiger partial charge in [-0.1, -0.05) is 61.5 Å². The summed E-state index contributed by atoms with van der Waals surface area (Å²) in [6.07, 6.45) is 5.22. The lowest BCUT2D eigenvalue weighted by molar-refractivity contribution is -0.126. The summed E-state index contributed by atoms with van der Waals surface area (Å²) in [6.45, 7) is 2.02. The number of hydrogen-bond donors (Lipinski definition) is 2. The van der Waals surface area contributed by atoms with Crippen LogP contribution in [0.1, 0.15) is 42.2 Å². The predicted molar refractivity (Wildman–Crippen MR) is 131 cm³/mol. The molecule has 178 valence electrons. The van der Waals surface area contributed by atoms with E-state index in [0.717, 1.165) is 12.0 Å². The topological polar surface area (TPSA) is 101 Å². The molecule has 0 aliphatic rings. The number of fused-ring (bicyclic) bond motifs is 1. The molecule has 0 bridgehead atoms. The Bertz CT molecular complexity index is 1120. The Morgan fingerprint density at radius 1 is 1.06 bits per heavy atom. The lowest BCUT2D eigenvalue weighted by Crippen LogP contribution is -2.38. The van der Waals surface area contributed by atoms with Crippen LogP contribution in [0.25, 0.3) is 11.0 Å². The number of nitrogens with zero attached hydrogens (tertiary/aromatic N) is 2. The van der Waals surface area contributed by atoms with Crippen LogP contribution < -0.4 is 5.32 Å². The van der Waals surface area contributed by atoms with Crippen molar-refractivity contribution >= 4 is 22.9 Å². The highest BCUT2D eigenvalue weighted by atomic mass is 16.6. The van der Waals surface area contributed by atoms with Crippen LogP contribution in [0.15, 0.2) is 72.9 Å². The highest BCUT2D eigenvalue weighted by Crippen LogP contribution is 2.21. The molecular weight excluding hydrogens is 430 g/mol. The van der Waals surface area contributed by atoms with Crippen LogP contribution in [0.3, 0.4) is 0 Å². The van der Waals surface area contributed by atoms with Crippen molar-refractivity contribution in [3.8, 4) is 0 Å². The molecule has 3 aromatic rings. The number of ether oxygens (including phenoxy) is 1. The Morgan fingerprint density at radius 3 is 2.47 bits per heavy atom. The smallest absolute Gasteiger partial charge is 0.358 e. The fourth-order valence-electron chi connectivity index (χ4n) is 3.74. The number of benzene rings is 2. The summed E-state index contributed by atoms with van der Waals surface area (Å²) >= 11 is 0. The van der Waals surface area contributed by atoms with E-state index in [0.29, 0.717) is 23.9 Å². The molecule has 2 N–H and O–H groups in total. The van der Waals surface area contributed by atoms with E-state index < -0.39 is 24.1 Å². The number of rotatable bonds is 11. The Morgan fingerprint density at radius 2 is 1.76 bits per heavy atom. The molecule has 34 heavy (non-hydrogen) atoms. The second kappa shape index (κ2) is 12.6. The maximum atomic E-state index is 13.0. The number of carbonyl (C=O) groups is 2. The first kappa shape index (κ1) is 25.1. The van der Waals surface area contributed by atoms with Gasteiger partial charge in [-0.05, 0) is 37.0 Å². The fraction of sp³-hybridized carbons (Fsp3) is 0.333. The van der Waals surface area contributed by atoms with Gasteiger partial charge < -0.3 is 15.2 Å². The number of aliphatic hydroxyl groups excluding tert-OH is 1. The minimum atomic E-state index is -1.05. The van der Waals surface area contributed by atoms with Crippen molar-refractivity contribution in [2.45, 2.75) is 44.8 Å². The standard InChI is InChI=1S/C27H31N3O4/c1-3-4-6-13-20(26(32)28-2)17-24(31)25(16-19-11-7-5-8-12-19)34-27(33)23-18-29-21-14-9-10-15-22(21)30-23/h4-12,14-15,18,20,24-25,31H,3,13,16-17H2,1-2H3,(H,28,32)/t20-,24+,25+/m1/s1. The maximum Gasteiger partial charge on any atom is 0.358 e. The normalized spacial score (nSPS) is 14.0. The number of esters is 1. The molecule has 0 aliphatic carbocycles. The van der Waals surface area contributed by atoms with Gasteiger partial charge in [0.25, 0.3) is 0 Å². The molecular formula is C27H31N3O4. The van der Waals surface area contributed by atoms with Gasteiger partial charge in [0.2, 0.25) is 5.91 Å². The number of hydrogen-bond acceptors (Lipinski definition) is 6. The van der Waals surface area contributed by atoms with E-state index in [1.807, 2.05) is 67.6 Å². The van der Waals surface area contributed by atoms with E-state index in [2.05, 4.69) is 15.3 Å². The van der Waals surface area contributed by atoms with Crippen molar-refractivity contribution < 1.29 is 19.4 Å². The van der Waals surface area contributed by atoms with Gasteiger partial charge in [-0.2, -0.15) is 0 Å². The van der Waals surface area contributed by atoms with Gasteiger partial charge in [-0.3, -0.25) is 9.78 Å². The summed E-state index contributed by atoms with van der Waals surface area (Å²) in [6, 6.07) is 16.7. The Labute approximate surface area is 199 Å². The van der Waals surface area contributed by atoms with Gasteiger partial charge in [0, 0.05) is 19.4 Å². The molecule has 0 saturated carbocycles. The van der Waals surface area contributed by atoms with E-state index >= 15 is 0 Å². The third-order valence-electron chi connectivity index (χ3n) is 5.59. The predicted octanol–water partition coefficient (Wildman–Crippen LogP) is 3.87. The van der Waals surface area contributed by atoms with Crippen LogP contribution in [0.4, 0.5) is 0 Å². The Kier molecular flexibility index (Phi) is 9.29. The number of carbonyl (C=O) groups excluding carboxylic acids is 2. The minimum absolute atomic E-state index is 0.0673. The van der Waals surface area contributed by atoms with Crippen LogP contribution in [0.2, 0.25) is 0 Å². The molecule has 1 aromatic heterocycles. The number of para-hydroxylation sites is 2. The molecule has 0 aliphatic heterocycles. The van der Waals surface area contributed by atoms with Crippen molar-refractivity contribution in [2.75, 3.05) is 7.05 Å². The highest BCUT2D eigenvalue weighted by molar-refractivity contribution is 5.89.